The van der Waals surface area contributed by atoms with Gasteiger partial charge in [0.05, 0.1) is 41.6 Å². The molecule has 0 radical (unpaired) electrons. The number of aliphatic carboxylic acids is 1. The molecule has 96 heavy (non-hydrogen) atoms. The number of hydrogen-bond donors (Lipinski definition) is 3. The monoisotopic (exact) mass is 1300 g/mol. The SMILES string of the molecule is CC(=O)c1ccc2c(c1)CCC2.ClCc1ccc2c(c1)CCC2.N#CC1(c2ccc3c(c2)CCC3)CC1.N#CCc1ccc2c(c1)CCC2.O=C(O)C1(c2ccc3c(c2)CCC3)CC1.O=C(O)c1ccc2c(c1)CCC2.OCc1ccc2c(c1)CCC2.c1ccc2c(c1)CCC2. The highest BCUT2D eigenvalue weighted by molar-refractivity contribution is 6.17. The molecule has 8 aromatic carbocycles. The molecule has 0 spiro atoms. The van der Waals surface area contributed by atoms with Crippen LogP contribution in [0.15, 0.2) is 152 Å². The molecule has 3 N–H and O–H groups in total. The van der Waals surface area contributed by atoms with Crippen LogP contribution in [0.25, 0.3) is 0 Å². The first-order valence-corrected chi connectivity index (χ1v) is 36.1. The summed E-state index contributed by atoms with van der Waals surface area (Å²) >= 11 is 5.73. The molecule has 0 saturated heterocycles. The number of fused-ring (bicyclic) bond motifs is 8. The van der Waals surface area contributed by atoms with Gasteiger partial charge in [-0.25, -0.2) is 4.79 Å². The van der Waals surface area contributed by atoms with Gasteiger partial charge in [0.15, 0.2) is 5.78 Å². The zero-order chi connectivity index (χ0) is 67.0. The third-order valence-electron chi connectivity index (χ3n) is 21.4. The van der Waals surface area contributed by atoms with Gasteiger partial charge in [0.25, 0.3) is 0 Å². The smallest absolute Gasteiger partial charge is 0.335 e. The molecular formula is C87H93ClN2O6. The van der Waals surface area contributed by atoms with E-state index in [1.54, 1.807) is 30.2 Å². The van der Waals surface area contributed by atoms with Crippen LogP contribution in [0.4, 0.5) is 0 Å². The number of Topliss-reactive ketones (excluding diaryl/α,β-unsaturated/α-hetero) is 1. The van der Waals surface area contributed by atoms with Gasteiger partial charge < -0.3 is 15.3 Å². The molecule has 10 aliphatic carbocycles. The Kier molecular flexibility index (Phi) is 23.4. The minimum Gasteiger partial charge on any atom is -0.481 e. The molecule has 9 heteroatoms. The zero-order valence-corrected chi connectivity index (χ0v) is 56.9. The number of ketones is 1. The van der Waals surface area contributed by atoms with Gasteiger partial charge in [0.2, 0.25) is 0 Å². The summed E-state index contributed by atoms with van der Waals surface area (Å²) in [6, 6.07) is 57.2. The summed E-state index contributed by atoms with van der Waals surface area (Å²) in [7, 11) is 0. The lowest BCUT2D eigenvalue weighted by molar-refractivity contribution is -0.140. The number of carboxylic acids is 2. The number of carboxylic acid groups (broad SMARTS) is 2. The molecular weight excluding hydrogens is 1200 g/mol. The number of carbonyl (C=O) groups excluding carboxylic acids is 1. The molecule has 8 nitrogen and oxygen atoms in total. The average Bonchev–Trinajstić information content (AvgIpc) is 1.61. The van der Waals surface area contributed by atoms with Crippen LogP contribution in [-0.4, -0.2) is 33.0 Å². The second kappa shape index (κ2) is 32.6. The molecule has 0 amide bonds. The number of carbonyl (C=O) groups is 3. The lowest BCUT2D eigenvalue weighted by atomic mass is 9.93. The van der Waals surface area contributed by atoms with Crippen LogP contribution < -0.4 is 0 Å². The molecule has 8 aromatic rings. The van der Waals surface area contributed by atoms with E-state index in [-0.39, 0.29) is 17.8 Å². The second-order valence-electron chi connectivity index (χ2n) is 27.9. The van der Waals surface area contributed by atoms with Gasteiger partial charge in [-0.2, -0.15) is 10.5 Å². The van der Waals surface area contributed by atoms with Crippen molar-refractivity contribution in [2.24, 2.45) is 0 Å². The number of aliphatic hydroxyl groups excluding tert-OH is 1. The zero-order valence-electron chi connectivity index (χ0n) is 56.2. The fourth-order valence-corrected chi connectivity index (χ4v) is 15.5. The maximum Gasteiger partial charge on any atom is 0.335 e. The lowest BCUT2D eigenvalue weighted by Crippen LogP contribution is -2.19. The van der Waals surface area contributed by atoms with Gasteiger partial charge in [0.1, 0.15) is 0 Å². The number of aryl methyl sites for hydroxylation is 16. The fraction of sp³-hybridized carbons (Fsp3) is 0.391. The Hall–Kier alpha value is -8.40. The van der Waals surface area contributed by atoms with E-state index in [9.17, 15) is 19.5 Å². The number of nitriles is 2. The highest BCUT2D eigenvalue weighted by atomic mass is 35.5. The van der Waals surface area contributed by atoms with Crippen molar-refractivity contribution in [2.45, 2.75) is 216 Å². The summed E-state index contributed by atoms with van der Waals surface area (Å²) in [6.45, 7) is 1.80. The fourth-order valence-electron chi connectivity index (χ4n) is 15.3. The Bertz CT molecular complexity index is 4050. The van der Waals surface area contributed by atoms with E-state index < -0.39 is 17.4 Å². The molecule has 0 aromatic heterocycles. The summed E-state index contributed by atoms with van der Waals surface area (Å²) in [5.41, 5.74) is 29.6. The van der Waals surface area contributed by atoms with Gasteiger partial charge in [0, 0.05) is 11.4 Å². The summed E-state index contributed by atoms with van der Waals surface area (Å²) in [5, 5.41) is 44.4. The van der Waals surface area contributed by atoms with Gasteiger partial charge in [-0.05, 0) is 322 Å². The maximum atomic E-state index is 11.2. The van der Waals surface area contributed by atoms with Crippen LogP contribution in [0.1, 0.15) is 222 Å². The number of aliphatic hydroxyl groups is 1. The van der Waals surface area contributed by atoms with Gasteiger partial charge in [-0.15, -0.1) is 11.6 Å². The van der Waals surface area contributed by atoms with Crippen molar-refractivity contribution in [3.63, 3.8) is 0 Å². The number of aromatic carboxylic acids is 1. The molecule has 494 valence electrons. The third kappa shape index (κ3) is 17.4. The topological polar surface area (TPSA) is 159 Å². The van der Waals surface area contributed by atoms with Crippen LogP contribution in [-0.2, 0) is 137 Å². The average molecular weight is 1300 g/mol. The summed E-state index contributed by atoms with van der Waals surface area (Å²) < 4.78 is 0. The number of benzene rings is 8. The predicted octanol–water partition coefficient (Wildman–Crippen LogP) is 18.3. The van der Waals surface area contributed by atoms with E-state index in [0.717, 1.165) is 80.0 Å². The molecule has 0 bridgehead atoms. The number of hydrogen-bond acceptors (Lipinski definition) is 6. The molecule has 0 heterocycles. The Morgan fingerprint density at radius 2 is 0.729 bits per heavy atom. The van der Waals surface area contributed by atoms with Crippen molar-refractivity contribution in [3.05, 3.63) is 280 Å². The summed E-state index contributed by atoms with van der Waals surface area (Å²) in [4.78, 5) is 32.8. The van der Waals surface area contributed by atoms with Crippen molar-refractivity contribution in [2.75, 3.05) is 0 Å². The maximum absolute atomic E-state index is 11.2. The van der Waals surface area contributed by atoms with E-state index in [4.69, 9.17) is 32.3 Å². The van der Waals surface area contributed by atoms with Gasteiger partial charge in [-0.3, -0.25) is 9.59 Å². The Morgan fingerprint density at radius 3 is 1.11 bits per heavy atom. The van der Waals surface area contributed by atoms with E-state index in [2.05, 4.69) is 121 Å². The van der Waals surface area contributed by atoms with Crippen molar-refractivity contribution in [3.8, 4) is 12.1 Å². The Morgan fingerprint density at radius 1 is 0.396 bits per heavy atom. The number of halogens is 1. The molecule has 0 unspecified atom stereocenters. The Labute approximate surface area is 574 Å². The van der Waals surface area contributed by atoms with Crippen molar-refractivity contribution < 1.29 is 29.7 Å². The standard InChI is InChI=1S/C13H13N.C13H14O2.C11H11N.C11H12O.C10H11Cl.C10H10O2.C10H12O.C9H10/c14-9-13(6-7-13)12-5-4-10-2-1-3-11(10)8-12;14-12(15)13(6-7-13)11-5-4-9-2-1-3-10(9)8-11;12-7-6-9-4-5-10-2-1-3-11(10)8-9;1-8(12)10-6-5-9-3-2-4-11(9)7-10;11-7-8-4-5-9-2-1-3-10(9)6-8;11-10(12)9-5-4-7-2-1-3-8(7)6-9;11-7-8-4-5-9-2-1-3-10(9)6-8;1-2-5-9-7-3-6-8(9)4-1/h4-5,8H,1-3,6-7H2;4-5,8H,1-3,6-7H2,(H,14,15);4-5,8H,1-3,6H2;5-7H,2-4H2,1H3;4-6H,1-3,7H2;4-6H,1-3H2,(H,11,12);4-6,11H,1-3,7H2;1-2,4-5H,3,6-7H2. The number of alkyl halides is 1. The number of rotatable bonds is 8. The molecule has 0 aliphatic heterocycles. The minimum absolute atomic E-state index is 0.0996. The normalized spacial score (nSPS) is 16.6. The van der Waals surface area contributed by atoms with Crippen molar-refractivity contribution in [1.29, 1.82) is 10.5 Å². The largest absolute Gasteiger partial charge is 0.481 e. The van der Waals surface area contributed by atoms with Crippen LogP contribution in [0, 0.1) is 22.7 Å². The Balaban J connectivity index is 0.000000112. The first-order chi connectivity index (χ1) is 46.8. The second-order valence-corrected chi connectivity index (χ2v) is 28.2. The van der Waals surface area contributed by atoms with Crippen molar-refractivity contribution >= 4 is 29.3 Å². The summed E-state index contributed by atoms with van der Waals surface area (Å²) in [5.74, 6) is -0.664. The van der Waals surface area contributed by atoms with E-state index in [1.165, 1.54) is 211 Å². The quantitative estimate of drug-likeness (QED) is 0.100. The predicted molar refractivity (Wildman–Crippen MR) is 385 cm³/mol. The molecule has 2 saturated carbocycles. The van der Waals surface area contributed by atoms with E-state index in [1.807, 2.05) is 30.3 Å². The first kappa shape index (κ1) is 69.0. The number of nitrogens with zero attached hydrogens (tertiary/aromatic N) is 2. The van der Waals surface area contributed by atoms with Crippen molar-refractivity contribution in [1.82, 2.24) is 0 Å². The molecule has 18 rings (SSSR count). The highest BCUT2D eigenvalue weighted by Gasteiger charge is 2.52. The first-order valence-electron chi connectivity index (χ1n) is 35.6. The highest BCUT2D eigenvalue weighted by Crippen LogP contribution is 2.50. The van der Waals surface area contributed by atoms with Crippen LogP contribution in [0.5, 0.6) is 0 Å². The molecule has 10 aliphatic rings. The minimum atomic E-state index is -0.829. The molecule has 0 atom stereocenters. The van der Waals surface area contributed by atoms with Crippen LogP contribution in [0.2, 0.25) is 0 Å². The van der Waals surface area contributed by atoms with Gasteiger partial charge in [-0.1, -0.05) is 133 Å². The van der Waals surface area contributed by atoms with Crippen LogP contribution >= 0.6 is 11.6 Å². The lowest BCUT2D eigenvalue weighted by Gasteiger charge is -2.11. The van der Waals surface area contributed by atoms with E-state index in [0.29, 0.717) is 17.9 Å². The third-order valence-corrected chi connectivity index (χ3v) is 21.7. The molecule has 2 fully saturated rings. The van der Waals surface area contributed by atoms with Crippen LogP contribution in [0.3, 0.4) is 0 Å². The van der Waals surface area contributed by atoms with E-state index >= 15 is 0 Å². The van der Waals surface area contributed by atoms with Gasteiger partial charge >= 0.3 is 11.9 Å². The summed E-state index contributed by atoms with van der Waals surface area (Å²) in [6.07, 6.45) is 33.6.